The maximum atomic E-state index is 10.8. The van der Waals surface area contributed by atoms with Gasteiger partial charge in [-0.15, -0.1) is 0 Å². The molecular weight excluding hydrogens is 204 g/mol. The van der Waals surface area contributed by atoms with Crippen molar-refractivity contribution in [3.05, 3.63) is 48.2 Å². The minimum atomic E-state index is -1.06. The van der Waals surface area contributed by atoms with Crippen LogP contribution in [-0.4, -0.2) is 16.1 Å². The van der Waals surface area contributed by atoms with Crippen LogP contribution in [0.25, 0.3) is 11.3 Å². The third-order valence-corrected chi connectivity index (χ3v) is 2.19. The first-order chi connectivity index (χ1) is 7.68. The van der Waals surface area contributed by atoms with Crippen molar-refractivity contribution in [1.82, 2.24) is 4.98 Å². The van der Waals surface area contributed by atoms with Gasteiger partial charge in [-0.2, -0.15) is 0 Å². The number of benzene rings is 1. The fourth-order valence-electron chi connectivity index (χ4n) is 1.42. The normalized spacial score (nSPS) is 10.0. The first kappa shape index (κ1) is 10.2. The summed E-state index contributed by atoms with van der Waals surface area (Å²) in [6.45, 7) is 0. The fourth-order valence-corrected chi connectivity index (χ4v) is 1.42. The Labute approximate surface area is 92.4 Å². The first-order valence-corrected chi connectivity index (χ1v) is 4.73. The minimum absolute atomic E-state index is 0.00643. The van der Waals surface area contributed by atoms with Crippen LogP contribution in [-0.2, 0) is 0 Å². The molecular formula is C12H10N2O2. The van der Waals surface area contributed by atoms with Crippen molar-refractivity contribution in [3.63, 3.8) is 0 Å². The average Bonchev–Trinajstić information content (AvgIpc) is 2.30. The van der Waals surface area contributed by atoms with Crippen molar-refractivity contribution in [2.45, 2.75) is 0 Å². The van der Waals surface area contributed by atoms with Crippen LogP contribution in [0.4, 0.5) is 5.69 Å². The monoisotopic (exact) mass is 214 g/mol. The van der Waals surface area contributed by atoms with Crippen LogP contribution in [0.5, 0.6) is 0 Å². The Kier molecular flexibility index (Phi) is 2.55. The van der Waals surface area contributed by atoms with Crippen molar-refractivity contribution in [3.8, 4) is 11.3 Å². The summed E-state index contributed by atoms with van der Waals surface area (Å²) in [4.78, 5) is 14.8. The van der Waals surface area contributed by atoms with Crippen molar-refractivity contribution in [1.29, 1.82) is 0 Å². The van der Waals surface area contributed by atoms with Crippen LogP contribution in [0.15, 0.2) is 42.5 Å². The number of aromatic carboxylic acids is 1. The molecule has 80 valence electrons. The number of nitrogens with two attached hydrogens (primary N) is 1. The number of anilines is 1. The number of rotatable bonds is 2. The van der Waals surface area contributed by atoms with Gasteiger partial charge in [-0.3, -0.25) is 0 Å². The van der Waals surface area contributed by atoms with Gasteiger partial charge in [0.15, 0.2) is 0 Å². The highest BCUT2D eigenvalue weighted by Gasteiger charge is 2.09. The van der Waals surface area contributed by atoms with E-state index in [-0.39, 0.29) is 5.69 Å². The summed E-state index contributed by atoms with van der Waals surface area (Å²) in [7, 11) is 0. The third kappa shape index (κ3) is 1.86. The van der Waals surface area contributed by atoms with Crippen LogP contribution < -0.4 is 5.73 Å². The molecule has 2 aromatic rings. The summed E-state index contributed by atoms with van der Waals surface area (Å²) in [5, 5.41) is 8.84. The predicted octanol–water partition coefficient (Wildman–Crippen LogP) is 2.03. The number of hydrogen-bond acceptors (Lipinski definition) is 3. The van der Waals surface area contributed by atoms with Gasteiger partial charge in [-0.1, -0.05) is 30.3 Å². The van der Waals surface area contributed by atoms with Gasteiger partial charge < -0.3 is 10.8 Å². The molecule has 16 heavy (non-hydrogen) atoms. The summed E-state index contributed by atoms with van der Waals surface area (Å²) in [6.07, 6.45) is 0. The molecule has 0 saturated heterocycles. The van der Waals surface area contributed by atoms with E-state index in [4.69, 9.17) is 10.8 Å². The van der Waals surface area contributed by atoms with Crippen molar-refractivity contribution < 1.29 is 9.90 Å². The van der Waals surface area contributed by atoms with Crippen LogP contribution in [0.1, 0.15) is 10.5 Å². The second kappa shape index (κ2) is 4.02. The highest BCUT2D eigenvalue weighted by molar-refractivity contribution is 5.87. The molecule has 0 spiro atoms. The molecule has 0 aliphatic rings. The minimum Gasteiger partial charge on any atom is -0.477 e. The largest absolute Gasteiger partial charge is 0.477 e. The molecule has 0 atom stereocenters. The summed E-state index contributed by atoms with van der Waals surface area (Å²) >= 11 is 0. The Morgan fingerprint density at radius 1 is 1.12 bits per heavy atom. The van der Waals surface area contributed by atoms with E-state index in [1.54, 1.807) is 6.07 Å². The Bertz CT molecular complexity index is 524. The highest BCUT2D eigenvalue weighted by atomic mass is 16.4. The molecule has 1 aromatic heterocycles. The van der Waals surface area contributed by atoms with Crippen molar-refractivity contribution >= 4 is 11.7 Å². The second-order valence-corrected chi connectivity index (χ2v) is 3.31. The molecule has 0 amide bonds. The van der Waals surface area contributed by atoms with E-state index < -0.39 is 5.97 Å². The molecule has 0 fully saturated rings. The van der Waals surface area contributed by atoms with Crippen LogP contribution >= 0.6 is 0 Å². The number of carbonyl (C=O) groups is 1. The van der Waals surface area contributed by atoms with Crippen LogP contribution in [0, 0.1) is 0 Å². The molecule has 0 aliphatic heterocycles. The standard InChI is InChI=1S/C12H10N2O2/c13-9-6-7-10(12(15)16)14-11(9)8-4-2-1-3-5-8/h1-7H,13H2,(H,15,16). The lowest BCUT2D eigenvalue weighted by Crippen LogP contribution is -2.03. The lowest BCUT2D eigenvalue weighted by Gasteiger charge is -2.05. The van der Waals surface area contributed by atoms with E-state index >= 15 is 0 Å². The molecule has 1 aromatic carbocycles. The molecule has 0 aliphatic carbocycles. The maximum absolute atomic E-state index is 10.8. The zero-order chi connectivity index (χ0) is 11.5. The Morgan fingerprint density at radius 2 is 1.81 bits per heavy atom. The van der Waals surface area contributed by atoms with Gasteiger partial charge in [-0.05, 0) is 12.1 Å². The van der Waals surface area contributed by atoms with Gasteiger partial charge in [0.25, 0.3) is 0 Å². The van der Waals surface area contributed by atoms with E-state index in [0.717, 1.165) is 5.56 Å². The summed E-state index contributed by atoms with van der Waals surface area (Å²) in [5.74, 6) is -1.06. The number of carboxylic acid groups (broad SMARTS) is 1. The van der Waals surface area contributed by atoms with E-state index in [1.165, 1.54) is 6.07 Å². The highest BCUT2D eigenvalue weighted by Crippen LogP contribution is 2.23. The fraction of sp³-hybridized carbons (Fsp3) is 0. The zero-order valence-electron chi connectivity index (χ0n) is 8.42. The van der Waals surface area contributed by atoms with E-state index in [2.05, 4.69) is 4.98 Å². The molecule has 4 nitrogen and oxygen atoms in total. The summed E-state index contributed by atoms with van der Waals surface area (Å²) in [5.41, 5.74) is 7.54. The lowest BCUT2D eigenvalue weighted by atomic mass is 10.1. The first-order valence-electron chi connectivity index (χ1n) is 4.73. The zero-order valence-corrected chi connectivity index (χ0v) is 8.42. The quantitative estimate of drug-likeness (QED) is 0.801. The maximum Gasteiger partial charge on any atom is 0.354 e. The van der Waals surface area contributed by atoms with Gasteiger partial charge in [0.1, 0.15) is 5.69 Å². The van der Waals surface area contributed by atoms with E-state index in [1.807, 2.05) is 30.3 Å². The number of pyridine rings is 1. The van der Waals surface area contributed by atoms with Gasteiger partial charge in [-0.25, -0.2) is 9.78 Å². The number of nitrogens with zero attached hydrogens (tertiary/aromatic N) is 1. The van der Waals surface area contributed by atoms with E-state index in [9.17, 15) is 4.79 Å². The SMILES string of the molecule is Nc1ccc(C(=O)O)nc1-c1ccccc1. The number of nitrogen functional groups attached to an aromatic ring is 1. The molecule has 0 saturated carbocycles. The molecule has 0 unspecified atom stereocenters. The smallest absolute Gasteiger partial charge is 0.354 e. The van der Waals surface area contributed by atoms with Gasteiger partial charge in [0.05, 0.1) is 11.4 Å². The Hall–Kier alpha value is -2.36. The summed E-state index contributed by atoms with van der Waals surface area (Å²) < 4.78 is 0. The molecule has 3 N–H and O–H groups in total. The van der Waals surface area contributed by atoms with Crippen molar-refractivity contribution in [2.24, 2.45) is 0 Å². The second-order valence-electron chi connectivity index (χ2n) is 3.31. The topological polar surface area (TPSA) is 76.2 Å². The Morgan fingerprint density at radius 3 is 2.44 bits per heavy atom. The van der Waals surface area contributed by atoms with Gasteiger partial charge in [0.2, 0.25) is 0 Å². The Balaban J connectivity index is 2.56. The molecule has 4 heteroatoms. The summed E-state index contributed by atoms with van der Waals surface area (Å²) in [6, 6.07) is 12.2. The molecule has 0 bridgehead atoms. The van der Waals surface area contributed by atoms with Crippen LogP contribution in [0.3, 0.4) is 0 Å². The molecule has 0 radical (unpaired) electrons. The van der Waals surface area contributed by atoms with Crippen molar-refractivity contribution in [2.75, 3.05) is 5.73 Å². The third-order valence-electron chi connectivity index (χ3n) is 2.19. The average molecular weight is 214 g/mol. The predicted molar refractivity (Wildman–Crippen MR) is 61.0 cm³/mol. The number of carboxylic acids is 1. The van der Waals surface area contributed by atoms with Gasteiger partial charge >= 0.3 is 5.97 Å². The lowest BCUT2D eigenvalue weighted by molar-refractivity contribution is 0.0690. The number of aromatic nitrogens is 1. The molecule has 1 heterocycles. The molecule has 2 rings (SSSR count). The number of hydrogen-bond donors (Lipinski definition) is 2. The van der Waals surface area contributed by atoms with E-state index in [0.29, 0.717) is 11.4 Å². The van der Waals surface area contributed by atoms with Crippen LogP contribution in [0.2, 0.25) is 0 Å². The van der Waals surface area contributed by atoms with Gasteiger partial charge in [0, 0.05) is 5.56 Å².